The highest BCUT2D eigenvalue weighted by molar-refractivity contribution is 5.27. The van der Waals surface area contributed by atoms with Crippen molar-refractivity contribution in [2.75, 3.05) is 0 Å². The third-order valence-corrected chi connectivity index (χ3v) is 7.41. The Hall–Kier alpha value is -0.260. The Kier molecular flexibility index (Phi) is 2.87. The number of fused-ring (bicyclic) bond motifs is 1. The number of rotatable bonds is 0. The van der Waals surface area contributed by atoms with Crippen molar-refractivity contribution in [3.05, 3.63) is 12.2 Å². The minimum absolute atomic E-state index is 0.329. The van der Waals surface area contributed by atoms with Gasteiger partial charge in [0.1, 0.15) is 0 Å². The minimum Gasteiger partial charge on any atom is -0.0987 e. The SMILES string of the molecule is C=C1C(C)(C)CC[C@@]2(C)C(C)C(C)(C)CCC12C. The van der Waals surface area contributed by atoms with Gasteiger partial charge in [-0.15, -0.1) is 0 Å². The van der Waals surface area contributed by atoms with Crippen LogP contribution < -0.4 is 0 Å². The van der Waals surface area contributed by atoms with Gasteiger partial charge in [0.2, 0.25) is 0 Å². The Labute approximate surface area is 114 Å². The summed E-state index contributed by atoms with van der Waals surface area (Å²) in [5, 5.41) is 0. The van der Waals surface area contributed by atoms with Gasteiger partial charge in [-0.3, -0.25) is 0 Å². The summed E-state index contributed by atoms with van der Waals surface area (Å²) in [4.78, 5) is 0. The molecule has 2 unspecified atom stereocenters. The maximum atomic E-state index is 4.55. The first-order valence-electron chi connectivity index (χ1n) is 7.67. The van der Waals surface area contributed by atoms with Crippen LogP contribution in [0, 0.1) is 27.6 Å². The summed E-state index contributed by atoms with van der Waals surface area (Å²) in [5.41, 5.74) is 3.10. The molecule has 0 aromatic rings. The van der Waals surface area contributed by atoms with Gasteiger partial charge in [0.25, 0.3) is 0 Å². The molecule has 0 N–H and O–H groups in total. The Morgan fingerprint density at radius 1 is 0.889 bits per heavy atom. The summed E-state index contributed by atoms with van der Waals surface area (Å²) in [6, 6.07) is 0. The van der Waals surface area contributed by atoms with E-state index in [1.54, 1.807) is 0 Å². The molecule has 0 aromatic carbocycles. The third kappa shape index (κ3) is 1.57. The minimum atomic E-state index is 0.329. The Morgan fingerprint density at radius 2 is 1.44 bits per heavy atom. The van der Waals surface area contributed by atoms with Crippen LogP contribution in [0.25, 0.3) is 0 Å². The Bertz CT molecular complexity index is 373. The van der Waals surface area contributed by atoms with E-state index in [0.29, 0.717) is 21.7 Å². The maximum Gasteiger partial charge on any atom is -0.00570 e. The van der Waals surface area contributed by atoms with Gasteiger partial charge in [0.05, 0.1) is 0 Å². The highest BCUT2D eigenvalue weighted by atomic mass is 14.6. The van der Waals surface area contributed by atoms with Crippen LogP contribution in [0.15, 0.2) is 12.2 Å². The van der Waals surface area contributed by atoms with Crippen molar-refractivity contribution < 1.29 is 0 Å². The average molecular weight is 248 g/mol. The lowest BCUT2D eigenvalue weighted by molar-refractivity contribution is -0.112. The molecule has 0 heteroatoms. The zero-order chi connectivity index (χ0) is 14.0. The predicted octanol–water partition coefficient (Wildman–Crippen LogP) is 5.83. The van der Waals surface area contributed by atoms with Crippen molar-refractivity contribution >= 4 is 0 Å². The maximum absolute atomic E-state index is 4.55. The highest BCUT2D eigenvalue weighted by Gasteiger charge is 2.60. The number of hydrogen-bond donors (Lipinski definition) is 0. The molecule has 2 aliphatic carbocycles. The van der Waals surface area contributed by atoms with E-state index in [2.05, 4.69) is 55.0 Å². The van der Waals surface area contributed by atoms with E-state index in [0.717, 1.165) is 5.92 Å². The van der Waals surface area contributed by atoms with Gasteiger partial charge < -0.3 is 0 Å². The van der Waals surface area contributed by atoms with E-state index in [1.807, 2.05) is 0 Å². The molecule has 0 aromatic heterocycles. The van der Waals surface area contributed by atoms with Crippen LogP contribution in [0.2, 0.25) is 0 Å². The zero-order valence-electron chi connectivity index (χ0n) is 13.6. The fraction of sp³-hybridized carbons (Fsp3) is 0.889. The highest BCUT2D eigenvalue weighted by Crippen LogP contribution is 2.69. The van der Waals surface area contributed by atoms with E-state index in [-0.39, 0.29) is 0 Å². The molecule has 18 heavy (non-hydrogen) atoms. The second kappa shape index (κ2) is 3.64. The number of hydrogen-bond acceptors (Lipinski definition) is 0. The summed E-state index contributed by atoms with van der Waals surface area (Å²) in [6.45, 7) is 21.8. The lowest BCUT2D eigenvalue weighted by atomic mass is 9.39. The average Bonchev–Trinajstić information content (AvgIpc) is 2.28. The molecule has 2 aliphatic rings. The first kappa shape index (κ1) is 14.2. The zero-order valence-corrected chi connectivity index (χ0v) is 13.6. The quantitative estimate of drug-likeness (QED) is 0.473. The monoisotopic (exact) mass is 248 g/mol. The Morgan fingerprint density at radius 3 is 2.00 bits per heavy atom. The molecule has 0 aliphatic heterocycles. The first-order valence-corrected chi connectivity index (χ1v) is 7.67. The summed E-state index contributed by atoms with van der Waals surface area (Å²) < 4.78 is 0. The fourth-order valence-electron chi connectivity index (χ4n) is 4.87. The van der Waals surface area contributed by atoms with Crippen molar-refractivity contribution in [1.82, 2.24) is 0 Å². The van der Waals surface area contributed by atoms with Crippen LogP contribution in [-0.2, 0) is 0 Å². The molecule has 2 rings (SSSR count). The molecule has 0 bridgehead atoms. The number of allylic oxidation sites excluding steroid dienone is 1. The van der Waals surface area contributed by atoms with E-state index in [9.17, 15) is 0 Å². The summed E-state index contributed by atoms with van der Waals surface area (Å²) in [5.74, 6) is 0.775. The molecule has 0 nitrogen and oxygen atoms in total. The van der Waals surface area contributed by atoms with E-state index in [4.69, 9.17) is 0 Å². The standard InChI is InChI=1S/C18H32/c1-13-15(3,4)9-12-18(8)14(2)16(5,6)10-11-17(13,18)7/h14H,1,9-12H2,2-8H3/t14?,17?,18-/m0/s1. The van der Waals surface area contributed by atoms with Crippen molar-refractivity contribution in [2.45, 2.75) is 74.1 Å². The third-order valence-electron chi connectivity index (χ3n) is 7.41. The molecular formula is C18H32. The second-order valence-corrected chi connectivity index (χ2v) is 8.82. The van der Waals surface area contributed by atoms with Crippen molar-refractivity contribution in [3.63, 3.8) is 0 Å². The molecule has 0 heterocycles. The predicted molar refractivity (Wildman–Crippen MR) is 80.5 cm³/mol. The van der Waals surface area contributed by atoms with E-state index < -0.39 is 0 Å². The molecule has 2 fully saturated rings. The van der Waals surface area contributed by atoms with E-state index in [1.165, 1.54) is 31.3 Å². The molecule has 104 valence electrons. The lowest BCUT2D eigenvalue weighted by Crippen LogP contribution is -2.57. The lowest BCUT2D eigenvalue weighted by Gasteiger charge is -2.65. The van der Waals surface area contributed by atoms with Crippen LogP contribution in [0.4, 0.5) is 0 Å². The van der Waals surface area contributed by atoms with Gasteiger partial charge in [-0.1, -0.05) is 60.6 Å². The second-order valence-electron chi connectivity index (χ2n) is 8.82. The summed E-state index contributed by atoms with van der Waals surface area (Å²) in [7, 11) is 0. The van der Waals surface area contributed by atoms with E-state index >= 15 is 0 Å². The smallest absolute Gasteiger partial charge is 0.00570 e. The molecule has 3 atom stereocenters. The topological polar surface area (TPSA) is 0 Å². The molecular weight excluding hydrogens is 216 g/mol. The molecule has 0 spiro atoms. The van der Waals surface area contributed by atoms with Gasteiger partial charge >= 0.3 is 0 Å². The molecule has 0 radical (unpaired) electrons. The molecule has 0 amide bonds. The van der Waals surface area contributed by atoms with Crippen LogP contribution in [0.5, 0.6) is 0 Å². The van der Waals surface area contributed by atoms with Crippen LogP contribution in [0.3, 0.4) is 0 Å². The van der Waals surface area contributed by atoms with Gasteiger partial charge in [-0.05, 0) is 53.3 Å². The van der Waals surface area contributed by atoms with Gasteiger partial charge in [-0.2, -0.15) is 0 Å². The van der Waals surface area contributed by atoms with Gasteiger partial charge in [0.15, 0.2) is 0 Å². The summed E-state index contributed by atoms with van der Waals surface area (Å²) in [6.07, 6.45) is 5.33. The van der Waals surface area contributed by atoms with Crippen molar-refractivity contribution in [3.8, 4) is 0 Å². The van der Waals surface area contributed by atoms with Gasteiger partial charge in [0, 0.05) is 0 Å². The van der Waals surface area contributed by atoms with Crippen LogP contribution >= 0.6 is 0 Å². The normalized spacial score (nSPS) is 46.6. The van der Waals surface area contributed by atoms with Crippen molar-refractivity contribution in [2.24, 2.45) is 27.6 Å². The molecule has 2 saturated carbocycles. The molecule has 0 saturated heterocycles. The van der Waals surface area contributed by atoms with Crippen LogP contribution in [-0.4, -0.2) is 0 Å². The Balaban J connectivity index is 2.48. The first-order chi connectivity index (χ1) is 7.97. The van der Waals surface area contributed by atoms with Crippen molar-refractivity contribution in [1.29, 1.82) is 0 Å². The van der Waals surface area contributed by atoms with Gasteiger partial charge in [-0.25, -0.2) is 0 Å². The largest absolute Gasteiger partial charge is 0.0987 e. The summed E-state index contributed by atoms with van der Waals surface area (Å²) >= 11 is 0. The van der Waals surface area contributed by atoms with Crippen LogP contribution in [0.1, 0.15) is 74.1 Å². The fourth-order valence-corrected chi connectivity index (χ4v) is 4.87.